The number of allylic oxidation sites excluding steroid dienone is 2. The van der Waals surface area contributed by atoms with E-state index in [1.54, 1.807) is 36.4 Å². The average molecular weight is 1030 g/mol. The summed E-state index contributed by atoms with van der Waals surface area (Å²) in [5.74, 6) is -0.523. The zero-order valence-corrected chi connectivity index (χ0v) is 44.3. The van der Waals surface area contributed by atoms with Gasteiger partial charge < -0.3 is 46.1 Å². The number of benzene rings is 4. The van der Waals surface area contributed by atoms with Crippen molar-refractivity contribution >= 4 is 47.3 Å². The molecule has 0 bridgehead atoms. The van der Waals surface area contributed by atoms with E-state index in [9.17, 15) is 28.8 Å². The summed E-state index contributed by atoms with van der Waals surface area (Å²) < 4.78 is 10.6. The molecule has 2 aliphatic rings. The fourth-order valence-electron chi connectivity index (χ4n) is 7.99. The van der Waals surface area contributed by atoms with Gasteiger partial charge in [0.25, 0.3) is 5.91 Å². The van der Waals surface area contributed by atoms with Crippen molar-refractivity contribution in [2.75, 3.05) is 36.8 Å². The monoisotopic (exact) mass is 1030 g/mol. The van der Waals surface area contributed by atoms with E-state index in [4.69, 9.17) is 14.6 Å². The van der Waals surface area contributed by atoms with Crippen molar-refractivity contribution in [3.63, 3.8) is 0 Å². The molecule has 6 rings (SSSR count). The highest BCUT2D eigenvalue weighted by atomic mass is 16.6. The van der Waals surface area contributed by atoms with Crippen molar-refractivity contribution in [2.24, 2.45) is 0 Å². The van der Waals surface area contributed by atoms with Crippen LogP contribution in [0.3, 0.4) is 0 Å². The third-order valence-electron chi connectivity index (χ3n) is 11.2. The van der Waals surface area contributed by atoms with Crippen LogP contribution in [0.2, 0.25) is 0 Å². The van der Waals surface area contributed by atoms with Gasteiger partial charge in [0, 0.05) is 55.3 Å². The number of piperidine rings is 2. The Bertz CT molecular complexity index is 2570. The summed E-state index contributed by atoms with van der Waals surface area (Å²) in [7, 11) is 0. The lowest BCUT2D eigenvalue weighted by Crippen LogP contribution is -2.38. The molecule has 15 nitrogen and oxygen atoms in total. The number of hydrogen-bond donors (Lipinski definition) is 6. The van der Waals surface area contributed by atoms with E-state index in [0.29, 0.717) is 55.0 Å². The number of nitrogens with one attached hydrogen (secondary N) is 5. The normalized spacial score (nSPS) is 13.4. The van der Waals surface area contributed by atoms with Crippen molar-refractivity contribution in [1.82, 2.24) is 20.9 Å². The molecule has 5 amide bonds. The Morgan fingerprint density at radius 1 is 0.587 bits per heavy atom. The van der Waals surface area contributed by atoms with Gasteiger partial charge in [-0.15, -0.1) is 0 Å². The number of rotatable bonds is 12. The van der Waals surface area contributed by atoms with Crippen LogP contribution in [-0.2, 0) is 32.2 Å². The lowest BCUT2D eigenvalue weighted by atomic mass is 9.88. The van der Waals surface area contributed by atoms with Crippen molar-refractivity contribution in [1.29, 1.82) is 0 Å². The summed E-state index contributed by atoms with van der Waals surface area (Å²) in [6.07, 6.45) is 6.29. The van der Waals surface area contributed by atoms with Gasteiger partial charge in [0.05, 0.1) is 5.56 Å². The maximum atomic E-state index is 13.1. The number of carboxylic acids is 1. The van der Waals surface area contributed by atoms with E-state index in [-0.39, 0.29) is 44.2 Å². The molecule has 0 spiro atoms. The first-order valence-corrected chi connectivity index (χ1v) is 24.9. The highest BCUT2D eigenvalue weighted by Crippen LogP contribution is 2.30. The molecule has 0 aromatic heterocycles. The van der Waals surface area contributed by atoms with Crippen molar-refractivity contribution < 1.29 is 43.3 Å². The zero-order chi connectivity index (χ0) is 53.7. The Morgan fingerprint density at radius 2 is 0.987 bits per heavy atom. The third kappa shape index (κ3) is 24.6. The topological polar surface area (TPSA) is 204 Å². The van der Waals surface area contributed by atoms with Gasteiger partial charge in [-0.3, -0.25) is 14.4 Å². The first-order chi connectivity index (χ1) is 34.4. The lowest BCUT2D eigenvalue weighted by Gasteiger charge is -2.32. The standard InChI is InChI=1S/C29H37N3O4.C17H26N2O2.C12H13NO3.2CH4/c1-20(2)16-26(33)31-25-11-7-10-24(18-25)27(34)32-14-12-22(13-15-32)23-9-6-8-21(17-23)19-30-28(35)36-29(3,4)5;1-17(2,3)21-16(20)19-12-13-5-4-6-15(11-13)14-7-9-18-10-8-14;1-8(2)6-11(14)13-10-5-3-4-9(7-10)12(15)16;;/h6-11,16-18,22H,12-15,19H2,1-5H3,(H,30,35)(H,31,33);4-6,11,14,18H,7-10,12H2,1-3H3,(H,19,20);3-7H,1-2H3,(H,13,14)(H,15,16);2*1H4. The molecule has 2 saturated heterocycles. The first-order valence-electron chi connectivity index (χ1n) is 24.9. The molecule has 4 aromatic carbocycles. The van der Waals surface area contributed by atoms with Crippen LogP contribution in [0.25, 0.3) is 0 Å². The number of aromatic carboxylic acids is 1. The predicted octanol–water partition coefficient (Wildman–Crippen LogP) is 12.4. The Hall–Kier alpha value is -7.26. The molecule has 2 fully saturated rings. The molecule has 75 heavy (non-hydrogen) atoms. The molecule has 2 aliphatic heterocycles. The van der Waals surface area contributed by atoms with Crippen molar-refractivity contribution in [3.05, 3.63) is 154 Å². The SMILES string of the molecule is C.C.CC(C)(C)OC(=O)NCc1cccc(C2CCNCC2)c1.CC(C)=CC(=O)Nc1cccc(C(=O)N2CCC(c3cccc(CNC(=O)OC(C)(C)C)c3)CC2)c1.CC(C)=CC(=O)Nc1cccc(C(=O)O)c1. The van der Waals surface area contributed by atoms with E-state index in [1.165, 1.54) is 48.3 Å². The van der Waals surface area contributed by atoms with Gasteiger partial charge >= 0.3 is 18.2 Å². The number of carbonyl (C=O) groups is 6. The summed E-state index contributed by atoms with van der Waals surface area (Å²) in [4.78, 5) is 72.7. The van der Waals surface area contributed by atoms with E-state index >= 15 is 0 Å². The molecular weight excluding hydrogens is 949 g/mol. The van der Waals surface area contributed by atoms with Crippen LogP contribution in [0.4, 0.5) is 21.0 Å². The Kier molecular flexibility index (Phi) is 26.2. The van der Waals surface area contributed by atoms with Crippen LogP contribution >= 0.6 is 0 Å². The minimum Gasteiger partial charge on any atom is -0.478 e. The molecule has 0 unspecified atom stereocenters. The highest BCUT2D eigenvalue weighted by Gasteiger charge is 2.25. The van der Waals surface area contributed by atoms with Crippen molar-refractivity contribution in [3.8, 4) is 0 Å². The molecule has 2 heterocycles. The van der Waals surface area contributed by atoms with Crippen LogP contribution in [0.1, 0.15) is 165 Å². The zero-order valence-electron chi connectivity index (χ0n) is 44.3. The largest absolute Gasteiger partial charge is 0.478 e. The van der Waals surface area contributed by atoms with Gasteiger partial charge in [0.15, 0.2) is 0 Å². The number of alkyl carbamates (subject to hydrolysis) is 2. The molecule has 6 N–H and O–H groups in total. The van der Waals surface area contributed by atoms with Crippen LogP contribution < -0.4 is 26.6 Å². The lowest BCUT2D eigenvalue weighted by molar-refractivity contribution is -0.112. The summed E-state index contributed by atoms with van der Waals surface area (Å²) in [6.45, 7) is 22.9. The quantitative estimate of drug-likeness (QED) is 0.0741. The molecule has 4 aromatic rings. The van der Waals surface area contributed by atoms with Crippen molar-refractivity contribution in [2.45, 2.75) is 146 Å². The Morgan fingerprint density at radius 3 is 1.40 bits per heavy atom. The second-order valence-electron chi connectivity index (χ2n) is 20.7. The summed E-state index contributed by atoms with van der Waals surface area (Å²) in [5.41, 5.74) is 7.33. The molecule has 0 saturated carbocycles. The van der Waals surface area contributed by atoms with Gasteiger partial charge in [-0.1, -0.05) is 86.7 Å². The molecule has 0 atom stereocenters. The molecule has 0 radical (unpaired) electrons. The fourth-order valence-corrected chi connectivity index (χ4v) is 7.99. The fraction of sp³-hybridized carbons (Fsp3) is 0.433. The Balaban J connectivity index is 0.000000419. The maximum Gasteiger partial charge on any atom is 0.407 e. The predicted molar refractivity (Wildman–Crippen MR) is 301 cm³/mol. The number of nitrogens with zero attached hydrogens (tertiary/aromatic N) is 1. The Labute approximate surface area is 446 Å². The molecular formula is C60H84N6O9. The second-order valence-corrected chi connectivity index (χ2v) is 20.7. The number of ether oxygens (including phenoxy) is 2. The first kappa shape index (κ1) is 63.9. The van der Waals surface area contributed by atoms with Gasteiger partial charge in [-0.25, -0.2) is 14.4 Å². The van der Waals surface area contributed by atoms with Crippen LogP contribution in [0, 0.1) is 0 Å². The smallest absolute Gasteiger partial charge is 0.407 e. The third-order valence-corrected chi connectivity index (χ3v) is 11.2. The van der Waals surface area contributed by atoms with E-state index in [0.717, 1.165) is 48.2 Å². The summed E-state index contributed by atoms with van der Waals surface area (Å²) in [5, 5.41) is 23.2. The summed E-state index contributed by atoms with van der Waals surface area (Å²) in [6, 6.07) is 29.9. The average Bonchev–Trinajstić information content (AvgIpc) is 3.32. The van der Waals surface area contributed by atoms with Crippen LogP contribution in [0.15, 0.2) is 120 Å². The number of carbonyl (C=O) groups excluding carboxylic acids is 5. The van der Waals surface area contributed by atoms with Gasteiger partial charge in [-0.05, 0) is 178 Å². The van der Waals surface area contributed by atoms with Gasteiger partial charge in [0.1, 0.15) is 11.2 Å². The number of anilines is 2. The van der Waals surface area contributed by atoms with E-state index < -0.39 is 23.3 Å². The molecule has 15 heteroatoms. The van der Waals surface area contributed by atoms with Crippen LogP contribution in [0.5, 0.6) is 0 Å². The number of carboxylic acid groups (broad SMARTS) is 1. The van der Waals surface area contributed by atoms with Crippen LogP contribution in [-0.4, -0.2) is 83.3 Å². The molecule has 0 aliphatic carbocycles. The highest BCUT2D eigenvalue weighted by molar-refractivity contribution is 6.02. The minimum absolute atomic E-state index is 0. The van der Waals surface area contributed by atoms with Gasteiger partial charge in [0.2, 0.25) is 11.8 Å². The molecule has 408 valence electrons. The number of hydrogen-bond acceptors (Lipinski definition) is 9. The minimum atomic E-state index is -1.02. The van der Waals surface area contributed by atoms with E-state index in [1.807, 2.05) is 92.3 Å². The van der Waals surface area contributed by atoms with Gasteiger partial charge in [-0.2, -0.15) is 0 Å². The second kappa shape index (κ2) is 30.8. The number of amides is 5. The summed E-state index contributed by atoms with van der Waals surface area (Å²) >= 11 is 0. The maximum absolute atomic E-state index is 13.1. The van der Waals surface area contributed by atoms with E-state index in [2.05, 4.69) is 56.9 Å². The number of likely N-dealkylation sites (tertiary alicyclic amines) is 1.